The molecule has 0 aliphatic carbocycles. The number of methoxy groups -OCH3 is 1. The van der Waals surface area contributed by atoms with Gasteiger partial charge >= 0.3 is 12.1 Å². The van der Waals surface area contributed by atoms with Crippen LogP contribution in [0.3, 0.4) is 0 Å². The first-order chi connectivity index (χ1) is 23.1. The summed E-state index contributed by atoms with van der Waals surface area (Å²) in [5.41, 5.74) is 1.65. The van der Waals surface area contributed by atoms with Gasteiger partial charge in [-0.1, -0.05) is 102 Å². The summed E-state index contributed by atoms with van der Waals surface area (Å²) in [6, 6.07) is 14.8. The maximum absolute atomic E-state index is 13.7. The van der Waals surface area contributed by atoms with Gasteiger partial charge in [0.25, 0.3) is 0 Å². The molecule has 270 valence electrons. The lowest BCUT2D eigenvalue weighted by atomic mass is 9.85. The van der Waals surface area contributed by atoms with Crippen molar-refractivity contribution < 1.29 is 38.6 Å². The van der Waals surface area contributed by atoms with Gasteiger partial charge in [-0.3, -0.25) is 14.4 Å². The number of carbonyl (C=O) groups is 5. The van der Waals surface area contributed by atoms with Crippen LogP contribution in [0.1, 0.15) is 66.0 Å². The van der Waals surface area contributed by atoms with Gasteiger partial charge in [0.1, 0.15) is 24.7 Å². The van der Waals surface area contributed by atoms with E-state index in [-0.39, 0.29) is 37.2 Å². The predicted octanol–water partition coefficient (Wildman–Crippen LogP) is 3.51. The molecule has 49 heavy (non-hydrogen) atoms. The van der Waals surface area contributed by atoms with Crippen LogP contribution in [-0.2, 0) is 41.7 Å². The van der Waals surface area contributed by atoms with Gasteiger partial charge in [0, 0.05) is 5.92 Å². The summed E-state index contributed by atoms with van der Waals surface area (Å²) < 4.78 is 10.1. The smallest absolute Gasteiger partial charge is 0.408 e. The molecule has 0 bridgehead atoms. The molecule has 5 N–H and O–H groups in total. The Morgan fingerprint density at radius 2 is 1.18 bits per heavy atom. The Hall–Kier alpha value is -4.45. The van der Waals surface area contributed by atoms with Crippen LogP contribution >= 0.6 is 0 Å². The fourth-order valence-electron chi connectivity index (χ4n) is 5.24. The first-order valence-corrected chi connectivity index (χ1v) is 16.8. The summed E-state index contributed by atoms with van der Waals surface area (Å²) >= 11 is 0. The minimum Gasteiger partial charge on any atom is -0.467 e. The molecule has 0 aliphatic heterocycles. The van der Waals surface area contributed by atoms with Gasteiger partial charge in [0.15, 0.2) is 0 Å². The summed E-state index contributed by atoms with van der Waals surface area (Å²) in [4.78, 5) is 64.9. The highest BCUT2D eigenvalue weighted by Gasteiger charge is 2.35. The third kappa shape index (κ3) is 13.5. The average molecular weight is 683 g/mol. The number of aliphatic hydroxyl groups excluding tert-OH is 1. The van der Waals surface area contributed by atoms with Gasteiger partial charge < -0.3 is 35.8 Å². The van der Waals surface area contributed by atoms with Crippen LogP contribution in [0.15, 0.2) is 60.7 Å². The lowest BCUT2D eigenvalue weighted by molar-refractivity contribution is -0.147. The number of amides is 4. The number of carbonyl (C=O) groups excluding carboxylic acids is 5. The van der Waals surface area contributed by atoms with Gasteiger partial charge in [0.2, 0.25) is 17.7 Å². The largest absolute Gasteiger partial charge is 0.467 e. The molecule has 0 saturated carbocycles. The fraction of sp³-hybridized carbons (Fsp3) is 0.541. The molecule has 0 fully saturated rings. The average Bonchev–Trinajstić information content (AvgIpc) is 3.06. The van der Waals surface area contributed by atoms with Gasteiger partial charge in [0.05, 0.1) is 19.3 Å². The molecular formula is C37H54N4O8. The Labute approximate surface area is 290 Å². The zero-order valence-corrected chi connectivity index (χ0v) is 29.9. The molecule has 0 aliphatic rings. The quantitative estimate of drug-likeness (QED) is 0.149. The van der Waals surface area contributed by atoms with Crippen molar-refractivity contribution in [2.75, 3.05) is 7.11 Å². The molecule has 0 radical (unpaired) electrons. The zero-order valence-electron chi connectivity index (χ0n) is 29.9. The third-order valence-corrected chi connectivity index (χ3v) is 8.33. The number of alkyl carbamates (subject to hydrolysis) is 1. The predicted molar refractivity (Wildman–Crippen MR) is 186 cm³/mol. The van der Waals surface area contributed by atoms with Crippen LogP contribution in [0, 0.1) is 23.7 Å². The second-order valence-corrected chi connectivity index (χ2v) is 13.4. The number of aliphatic hydroxyl groups is 1. The van der Waals surface area contributed by atoms with Crippen molar-refractivity contribution in [3.8, 4) is 0 Å². The van der Waals surface area contributed by atoms with E-state index in [1.807, 2.05) is 74.5 Å². The number of hydrogen-bond donors (Lipinski definition) is 5. The standard InChI is InChI=1S/C37H54N4O8/c1-22(2)28(34(44)40-31(23(3)4)35(45)41-32(24(5)6)36(46)48-8)20-30(42)29(19-26-15-11-9-12-16-26)39-33(43)25(7)38-37(47)49-21-27-17-13-10-14-18-27/h9-18,22-25,28-32,42H,19-21H2,1-8H3,(H,38,47)(H,39,43)(H,40,44)(H,41,45)/t25-,28?,29?,30?,31?,32-/m0/s1. The highest BCUT2D eigenvalue weighted by molar-refractivity contribution is 5.91. The number of hydrogen-bond acceptors (Lipinski definition) is 8. The van der Waals surface area contributed by atoms with Gasteiger partial charge in [-0.25, -0.2) is 9.59 Å². The topological polar surface area (TPSA) is 172 Å². The van der Waals surface area contributed by atoms with Crippen LogP contribution in [0.25, 0.3) is 0 Å². The second kappa shape index (κ2) is 20.2. The Bertz CT molecular complexity index is 1350. The number of rotatable bonds is 18. The van der Waals surface area contributed by atoms with E-state index in [0.717, 1.165) is 11.1 Å². The molecule has 0 heterocycles. The minimum absolute atomic E-state index is 0.0224. The molecule has 2 aromatic carbocycles. The lowest BCUT2D eigenvalue weighted by Gasteiger charge is -2.31. The fourth-order valence-corrected chi connectivity index (χ4v) is 5.24. The van der Waals surface area contributed by atoms with Gasteiger partial charge in [-0.2, -0.15) is 0 Å². The van der Waals surface area contributed by atoms with Crippen LogP contribution in [0.5, 0.6) is 0 Å². The molecule has 2 rings (SSSR count). The third-order valence-electron chi connectivity index (χ3n) is 8.33. The number of benzene rings is 2. The van der Waals surface area contributed by atoms with Crippen molar-refractivity contribution in [3.05, 3.63) is 71.8 Å². The SMILES string of the molecule is COC(=O)[C@@H](NC(=O)C(NC(=O)C(CC(O)C(Cc1ccccc1)NC(=O)[C@H](C)NC(=O)OCc1ccccc1)C(C)C)C(C)C)C(C)C. The van der Waals surface area contributed by atoms with E-state index >= 15 is 0 Å². The molecule has 0 spiro atoms. The molecule has 4 unspecified atom stereocenters. The van der Waals surface area contributed by atoms with Crippen LogP contribution in [-0.4, -0.2) is 72.3 Å². The van der Waals surface area contributed by atoms with E-state index in [2.05, 4.69) is 21.3 Å². The minimum atomic E-state index is -1.17. The van der Waals surface area contributed by atoms with Gasteiger partial charge in [-0.05, 0) is 48.6 Å². The number of ether oxygens (including phenoxy) is 2. The van der Waals surface area contributed by atoms with E-state index < -0.39 is 66.0 Å². The molecule has 0 saturated heterocycles. The van der Waals surface area contributed by atoms with Crippen molar-refractivity contribution in [2.24, 2.45) is 23.7 Å². The first kappa shape index (κ1) is 40.7. The zero-order chi connectivity index (χ0) is 36.7. The highest BCUT2D eigenvalue weighted by atomic mass is 16.5. The van der Waals surface area contributed by atoms with Crippen molar-refractivity contribution >= 4 is 29.8 Å². The van der Waals surface area contributed by atoms with Crippen molar-refractivity contribution in [1.29, 1.82) is 0 Å². The Morgan fingerprint density at radius 3 is 1.69 bits per heavy atom. The van der Waals surface area contributed by atoms with E-state index in [0.29, 0.717) is 0 Å². The number of esters is 1. The molecule has 4 amide bonds. The Kier molecular flexibility index (Phi) is 16.7. The van der Waals surface area contributed by atoms with E-state index in [4.69, 9.17) is 9.47 Å². The lowest BCUT2D eigenvalue weighted by Crippen LogP contribution is -2.56. The second-order valence-electron chi connectivity index (χ2n) is 13.4. The summed E-state index contributed by atoms with van der Waals surface area (Å²) in [6.45, 7) is 12.3. The van der Waals surface area contributed by atoms with Crippen LogP contribution in [0.4, 0.5) is 4.79 Å². The summed E-state index contributed by atoms with van der Waals surface area (Å²) in [5.74, 6) is -3.61. The monoisotopic (exact) mass is 682 g/mol. The van der Waals surface area contributed by atoms with Crippen LogP contribution < -0.4 is 21.3 Å². The van der Waals surface area contributed by atoms with Crippen molar-refractivity contribution in [2.45, 2.75) is 98.2 Å². The normalized spacial score (nSPS) is 14.9. The molecular weight excluding hydrogens is 628 g/mol. The molecule has 12 nitrogen and oxygen atoms in total. The van der Waals surface area contributed by atoms with Crippen LogP contribution in [0.2, 0.25) is 0 Å². The Morgan fingerprint density at radius 1 is 0.653 bits per heavy atom. The summed E-state index contributed by atoms with van der Waals surface area (Å²) in [6.07, 6.45) is -1.70. The van der Waals surface area contributed by atoms with Crippen molar-refractivity contribution in [3.63, 3.8) is 0 Å². The maximum Gasteiger partial charge on any atom is 0.408 e. The summed E-state index contributed by atoms with van der Waals surface area (Å²) in [7, 11) is 1.25. The summed E-state index contributed by atoms with van der Waals surface area (Å²) in [5, 5.41) is 22.5. The molecule has 12 heteroatoms. The Balaban J connectivity index is 2.17. The molecule has 6 atom stereocenters. The first-order valence-electron chi connectivity index (χ1n) is 16.8. The van der Waals surface area contributed by atoms with E-state index in [9.17, 15) is 29.1 Å². The van der Waals surface area contributed by atoms with Gasteiger partial charge in [-0.15, -0.1) is 0 Å². The van der Waals surface area contributed by atoms with E-state index in [1.165, 1.54) is 14.0 Å². The molecule has 2 aromatic rings. The van der Waals surface area contributed by atoms with Crippen molar-refractivity contribution in [1.82, 2.24) is 21.3 Å². The van der Waals surface area contributed by atoms with E-state index in [1.54, 1.807) is 27.7 Å². The maximum atomic E-state index is 13.7. The number of nitrogens with one attached hydrogen (secondary N) is 4. The highest BCUT2D eigenvalue weighted by Crippen LogP contribution is 2.22. The molecule has 0 aromatic heterocycles.